The van der Waals surface area contributed by atoms with Crippen LogP contribution in [-0.4, -0.2) is 29.5 Å². The van der Waals surface area contributed by atoms with E-state index < -0.39 is 0 Å². The molecule has 13 rings (SSSR count). The summed E-state index contributed by atoms with van der Waals surface area (Å²) < 4.78 is 8.90. The second-order valence-corrected chi connectivity index (χ2v) is 16.9. The van der Waals surface area contributed by atoms with E-state index in [0.29, 0.717) is 23.3 Å². The van der Waals surface area contributed by atoms with Gasteiger partial charge < -0.3 is 8.98 Å². The molecule has 0 atom stereocenters. The maximum absolute atomic E-state index is 6.56. The summed E-state index contributed by atoms with van der Waals surface area (Å²) in [5, 5.41) is 4.16. The molecule has 318 valence electrons. The van der Waals surface area contributed by atoms with Gasteiger partial charge in [0.1, 0.15) is 11.2 Å². The highest BCUT2D eigenvalue weighted by molar-refractivity contribution is 6.14. The third-order valence-corrected chi connectivity index (χ3v) is 12.7. The Morgan fingerprint density at radius 1 is 0.294 bits per heavy atom. The maximum Gasteiger partial charge on any atom is 0.164 e. The van der Waals surface area contributed by atoms with Gasteiger partial charge in [-0.2, -0.15) is 0 Å². The molecular weight excluding hydrogens is 833 g/mol. The fraction of sp³-hybridized carbons (Fsp3) is 0. The predicted molar refractivity (Wildman–Crippen MR) is 275 cm³/mol. The summed E-state index contributed by atoms with van der Waals surface area (Å²) in [6, 6.07) is 79.3. The fourth-order valence-electron chi connectivity index (χ4n) is 9.41. The molecule has 7 nitrogen and oxygen atoms in total. The lowest BCUT2D eigenvalue weighted by Crippen LogP contribution is -2.00. The van der Waals surface area contributed by atoms with Crippen molar-refractivity contribution in [1.82, 2.24) is 29.5 Å². The molecule has 4 heterocycles. The van der Waals surface area contributed by atoms with Gasteiger partial charge in [0.2, 0.25) is 0 Å². The minimum absolute atomic E-state index is 0.580. The average Bonchev–Trinajstić information content (AvgIpc) is 3.97. The van der Waals surface area contributed by atoms with Crippen molar-refractivity contribution in [2.24, 2.45) is 0 Å². The van der Waals surface area contributed by atoms with E-state index in [1.165, 1.54) is 0 Å². The monoisotopic (exact) mass is 870 g/mol. The molecule has 0 N–H and O–H groups in total. The van der Waals surface area contributed by atoms with Crippen molar-refractivity contribution >= 4 is 43.7 Å². The van der Waals surface area contributed by atoms with Gasteiger partial charge >= 0.3 is 0 Å². The summed E-state index contributed by atoms with van der Waals surface area (Å²) in [6.07, 6.45) is 0. The molecule has 0 saturated carbocycles. The van der Waals surface area contributed by atoms with Crippen molar-refractivity contribution in [3.63, 3.8) is 0 Å². The zero-order valence-corrected chi connectivity index (χ0v) is 36.5. The first kappa shape index (κ1) is 39.1. The van der Waals surface area contributed by atoms with E-state index in [1.54, 1.807) is 0 Å². The molecule has 9 aromatic carbocycles. The first-order valence-corrected chi connectivity index (χ1v) is 22.7. The number of hydrogen-bond donors (Lipinski definition) is 0. The smallest absolute Gasteiger partial charge is 0.164 e. The van der Waals surface area contributed by atoms with Gasteiger partial charge in [0.05, 0.1) is 22.4 Å². The molecule has 7 heteroatoms. The van der Waals surface area contributed by atoms with E-state index in [-0.39, 0.29) is 0 Å². The van der Waals surface area contributed by atoms with Crippen LogP contribution in [0.4, 0.5) is 0 Å². The van der Waals surface area contributed by atoms with E-state index in [4.69, 9.17) is 29.3 Å². The van der Waals surface area contributed by atoms with E-state index in [2.05, 4.69) is 126 Å². The van der Waals surface area contributed by atoms with Crippen molar-refractivity contribution in [1.29, 1.82) is 0 Å². The Labute approximate surface area is 391 Å². The van der Waals surface area contributed by atoms with Crippen LogP contribution in [0.3, 0.4) is 0 Å². The van der Waals surface area contributed by atoms with Crippen molar-refractivity contribution < 1.29 is 4.42 Å². The lowest BCUT2D eigenvalue weighted by Gasteiger charge is -2.10. The molecule has 0 fully saturated rings. The van der Waals surface area contributed by atoms with Crippen molar-refractivity contribution in [3.05, 3.63) is 231 Å². The van der Waals surface area contributed by atoms with Crippen LogP contribution in [0.1, 0.15) is 0 Å². The van der Waals surface area contributed by atoms with Crippen LogP contribution in [0.25, 0.3) is 129 Å². The Morgan fingerprint density at radius 2 is 0.750 bits per heavy atom. The molecule has 0 bridgehead atoms. The Balaban J connectivity index is 0.982. The van der Waals surface area contributed by atoms with Gasteiger partial charge in [0, 0.05) is 60.6 Å². The minimum Gasteiger partial charge on any atom is -0.456 e. The minimum atomic E-state index is 0.580. The normalized spacial score (nSPS) is 11.5. The molecule has 0 amide bonds. The van der Waals surface area contributed by atoms with Crippen molar-refractivity contribution in [2.75, 3.05) is 0 Å². The summed E-state index contributed by atoms with van der Waals surface area (Å²) in [7, 11) is 0. The highest BCUT2D eigenvalue weighted by Gasteiger charge is 2.20. The van der Waals surface area contributed by atoms with Gasteiger partial charge in [-0.15, -0.1) is 0 Å². The molecule has 0 spiro atoms. The lowest BCUT2D eigenvalue weighted by atomic mass is 9.99. The molecular formula is C61H38N6O. The molecule has 4 aromatic heterocycles. The van der Waals surface area contributed by atoms with Crippen LogP contribution in [0.2, 0.25) is 0 Å². The number of rotatable bonds is 8. The number of hydrogen-bond acceptors (Lipinski definition) is 6. The first-order chi connectivity index (χ1) is 33.7. The number of nitrogens with zero attached hydrogens (tertiary/aromatic N) is 6. The van der Waals surface area contributed by atoms with Crippen LogP contribution in [0, 0.1) is 0 Å². The second-order valence-electron chi connectivity index (χ2n) is 16.9. The number of furan rings is 1. The Kier molecular flexibility index (Phi) is 9.35. The third-order valence-electron chi connectivity index (χ3n) is 12.7. The molecule has 0 aliphatic heterocycles. The van der Waals surface area contributed by atoms with Crippen LogP contribution >= 0.6 is 0 Å². The highest BCUT2D eigenvalue weighted by Crippen LogP contribution is 2.41. The average molecular weight is 871 g/mol. The Bertz CT molecular complexity index is 3890. The largest absolute Gasteiger partial charge is 0.456 e. The van der Waals surface area contributed by atoms with Gasteiger partial charge in [-0.3, -0.25) is 0 Å². The number of benzene rings is 9. The van der Waals surface area contributed by atoms with Crippen LogP contribution in [0.15, 0.2) is 235 Å². The summed E-state index contributed by atoms with van der Waals surface area (Å²) in [6.45, 7) is 0. The molecule has 0 unspecified atom stereocenters. The molecule has 13 aromatic rings. The Morgan fingerprint density at radius 3 is 1.32 bits per heavy atom. The summed E-state index contributed by atoms with van der Waals surface area (Å²) >= 11 is 0. The van der Waals surface area contributed by atoms with Crippen LogP contribution in [-0.2, 0) is 0 Å². The topological polar surface area (TPSA) is 82.5 Å². The van der Waals surface area contributed by atoms with E-state index in [9.17, 15) is 0 Å². The molecule has 0 aliphatic rings. The summed E-state index contributed by atoms with van der Waals surface area (Å²) in [4.78, 5) is 25.5. The second kappa shape index (κ2) is 16.3. The number of fused-ring (bicyclic) bond motifs is 6. The van der Waals surface area contributed by atoms with Gasteiger partial charge in [-0.1, -0.05) is 164 Å². The molecule has 68 heavy (non-hydrogen) atoms. The van der Waals surface area contributed by atoms with E-state index in [1.807, 2.05) is 109 Å². The van der Waals surface area contributed by atoms with Gasteiger partial charge in [-0.25, -0.2) is 24.9 Å². The van der Waals surface area contributed by atoms with Crippen molar-refractivity contribution in [2.45, 2.75) is 0 Å². The number of aromatic nitrogens is 6. The number of para-hydroxylation sites is 1. The van der Waals surface area contributed by atoms with Crippen LogP contribution < -0.4 is 0 Å². The van der Waals surface area contributed by atoms with Gasteiger partial charge in [-0.05, 0) is 77.9 Å². The summed E-state index contributed by atoms with van der Waals surface area (Å²) in [5.41, 5.74) is 14.4. The quantitative estimate of drug-likeness (QED) is 0.151. The fourth-order valence-corrected chi connectivity index (χ4v) is 9.41. The van der Waals surface area contributed by atoms with Crippen molar-refractivity contribution in [3.8, 4) is 84.9 Å². The SMILES string of the molecule is c1ccc(-c2cc(-c3ccccc3)nc(-c3ccc4c(c3)c3cc(-c5ccc6oc7cccc(-c8nc(-c9ccccc9)nc(-c9ccccc9)n8)c7c6c5)ccc3n4-c3ccccc3)n2)cc1. The Hall–Kier alpha value is -9.33. The molecule has 0 saturated heterocycles. The van der Waals surface area contributed by atoms with E-state index in [0.717, 1.165) is 105 Å². The van der Waals surface area contributed by atoms with Gasteiger partial charge in [0.15, 0.2) is 23.3 Å². The van der Waals surface area contributed by atoms with Crippen LogP contribution in [0.5, 0.6) is 0 Å². The lowest BCUT2D eigenvalue weighted by molar-refractivity contribution is 0.669. The van der Waals surface area contributed by atoms with Gasteiger partial charge in [0.25, 0.3) is 0 Å². The predicted octanol–water partition coefficient (Wildman–Crippen LogP) is 15.3. The zero-order valence-electron chi connectivity index (χ0n) is 36.5. The third kappa shape index (κ3) is 6.89. The highest BCUT2D eigenvalue weighted by atomic mass is 16.3. The standard InChI is InChI=1S/C61H38N6O/c1-6-17-39(18-7-1)51-38-52(40-19-8-2-9-20-40)63-60(62-51)45-30-33-54-49(37-45)48-35-43(29-32-53(48)67(54)46-25-14-5-15-26-46)44-31-34-55-50(36-44)57-47(27-16-28-56(57)68-55)61-65-58(41-21-10-3-11-22-41)64-59(66-61)42-23-12-4-13-24-42/h1-38H. The zero-order chi connectivity index (χ0) is 45.0. The molecule has 0 aliphatic carbocycles. The van der Waals surface area contributed by atoms with E-state index >= 15 is 0 Å². The molecule has 0 radical (unpaired) electrons. The first-order valence-electron chi connectivity index (χ1n) is 22.7. The summed E-state index contributed by atoms with van der Waals surface area (Å²) in [5.74, 6) is 2.47. The maximum atomic E-state index is 6.56.